The molecule has 1 atom stereocenters. The van der Waals surface area contributed by atoms with Crippen molar-refractivity contribution in [2.24, 2.45) is 0 Å². The molecule has 4 nitrogen and oxygen atoms in total. The molecule has 0 unspecified atom stereocenters. The second-order valence-electron chi connectivity index (χ2n) is 4.68. The van der Waals surface area contributed by atoms with Gasteiger partial charge in [-0.25, -0.2) is 0 Å². The Morgan fingerprint density at radius 1 is 1.14 bits per heavy atom. The lowest BCUT2D eigenvalue weighted by atomic mass is 10.1. The Balaban J connectivity index is 2.09. The summed E-state index contributed by atoms with van der Waals surface area (Å²) in [5.41, 5.74) is 1.69. The van der Waals surface area contributed by atoms with Crippen LogP contribution in [0.5, 0.6) is 0 Å². The monoisotopic (exact) mass is 324 g/mol. The minimum absolute atomic E-state index is 0.0262. The smallest absolute Gasteiger partial charge is 0.275 e. The maximum atomic E-state index is 11.0. The SMILES string of the molecule is C[C@@H](NCc1ccc(Cl)cc1[N+](=O)[O-])c1ccc(Cl)cc1. The number of rotatable bonds is 5. The molecule has 0 spiro atoms. The number of nitrogens with one attached hydrogen (secondary N) is 1. The molecule has 6 heteroatoms. The average molecular weight is 325 g/mol. The van der Waals surface area contributed by atoms with E-state index >= 15 is 0 Å². The summed E-state index contributed by atoms with van der Waals surface area (Å²) in [6.45, 7) is 2.38. The lowest BCUT2D eigenvalue weighted by Gasteiger charge is -2.14. The van der Waals surface area contributed by atoms with E-state index in [1.807, 2.05) is 31.2 Å². The highest BCUT2D eigenvalue weighted by Crippen LogP contribution is 2.24. The molecule has 1 N–H and O–H groups in total. The highest BCUT2D eigenvalue weighted by molar-refractivity contribution is 6.31. The quantitative estimate of drug-likeness (QED) is 0.637. The van der Waals surface area contributed by atoms with E-state index < -0.39 is 4.92 Å². The first-order valence-corrected chi connectivity index (χ1v) is 7.14. The number of benzene rings is 2. The van der Waals surface area contributed by atoms with Gasteiger partial charge in [0.25, 0.3) is 5.69 Å². The van der Waals surface area contributed by atoms with Crippen LogP contribution in [0.4, 0.5) is 5.69 Å². The van der Waals surface area contributed by atoms with E-state index in [0.717, 1.165) is 5.56 Å². The van der Waals surface area contributed by atoms with Crippen molar-refractivity contribution in [3.05, 3.63) is 73.8 Å². The summed E-state index contributed by atoms with van der Waals surface area (Å²) >= 11 is 11.6. The van der Waals surface area contributed by atoms with Gasteiger partial charge in [0, 0.05) is 34.3 Å². The summed E-state index contributed by atoms with van der Waals surface area (Å²) in [6.07, 6.45) is 0. The molecular formula is C15H14Cl2N2O2. The molecule has 2 rings (SSSR count). The average Bonchev–Trinajstić information content (AvgIpc) is 2.46. The van der Waals surface area contributed by atoms with Gasteiger partial charge in [-0.2, -0.15) is 0 Å². The molecule has 0 heterocycles. The van der Waals surface area contributed by atoms with Gasteiger partial charge in [-0.1, -0.05) is 35.3 Å². The van der Waals surface area contributed by atoms with Crippen LogP contribution in [0.25, 0.3) is 0 Å². The molecular weight excluding hydrogens is 311 g/mol. The second kappa shape index (κ2) is 6.89. The van der Waals surface area contributed by atoms with Crippen molar-refractivity contribution < 1.29 is 4.92 Å². The van der Waals surface area contributed by atoms with E-state index in [4.69, 9.17) is 23.2 Å². The first-order valence-electron chi connectivity index (χ1n) is 6.39. The molecule has 0 aliphatic carbocycles. The largest absolute Gasteiger partial charge is 0.306 e. The van der Waals surface area contributed by atoms with Gasteiger partial charge in [-0.3, -0.25) is 10.1 Å². The molecule has 0 saturated heterocycles. The van der Waals surface area contributed by atoms with Gasteiger partial charge in [0.15, 0.2) is 0 Å². The lowest BCUT2D eigenvalue weighted by Crippen LogP contribution is -2.18. The second-order valence-corrected chi connectivity index (χ2v) is 5.56. The minimum atomic E-state index is -0.421. The van der Waals surface area contributed by atoms with E-state index in [1.165, 1.54) is 6.07 Å². The molecule has 21 heavy (non-hydrogen) atoms. The summed E-state index contributed by atoms with van der Waals surface area (Å²) in [5.74, 6) is 0. The molecule has 110 valence electrons. The standard InChI is InChI=1S/C15H14Cl2N2O2/c1-10(11-2-5-13(16)6-3-11)18-9-12-4-7-14(17)8-15(12)19(20)21/h2-8,10,18H,9H2,1H3/t10-/m1/s1. The molecule has 0 bridgehead atoms. The van der Waals surface area contributed by atoms with E-state index in [2.05, 4.69) is 5.32 Å². The summed E-state index contributed by atoms with van der Waals surface area (Å²) in [5, 5.41) is 15.3. The number of halogens is 2. The van der Waals surface area contributed by atoms with E-state index in [-0.39, 0.29) is 11.7 Å². The minimum Gasteiger partial charge on any atom is -0.306 e. The predicted molar refractivity (Wildman–Crippen MR) is 84.8 cm³/mol. The van der Waals surface area contributed by atoms with Crippen LogP contribution < -0.4 is 5.32 Å². The maximum absolute atomic E-state index is 11.0. The molecule has 2 aromatic carbocycles. The van der Waals surface area contributed by atoms with Crippen molar-refractivity contribution in [1.82, 2.24) is 5.32 Å². The Hall–Kier alpha value is -1.62. The predicted octanol–water partition coefficient (Wildman–Crippen LogP) is 4.75. The molecule has 2 aromatic rings. The van der Waals surface area contributed by atoms with Gasteiger partial charge in [-0.05, 0) is 36.8 Å². The number of nitro benzene ring substituents is 1. The van der Waals surface area contributed by atoms with Crippen LogP contribution in [0.3, 0.4) is 0 Å². The fraction of sp³-hybridized carbons (Fsp3) is 0.200. The number of nitro groups is 1. The van der Waals surface area contributed by atoms with Gasteiger partial charge in [-0.15, -0.1) is 0 Å². The molecule has 0 radical (unpaired) electrons. The van der Waals surface area contributed by atoms with Crippen molar-refractivity contribution in [3.8, 4) is 0 Å². The zero-order valence-electron chi connectivity index (χ0n) is 11.3. The molecule has 0 saturated carbocycles. The third-order valence-corrected chi connectivity index (χ3v) is 3.70. The topological polar surface area (TPSA) is 55.2 Å². The summed E-state index contributed by atoms with van der Waals surface area (Å²) in [4.78, 5) is 10.6. The van der Waals surface area contributed by atoms with E-state index in [1.54, 1.807) is 12.1 Å². The number of nitrogens with zero attached hydrogens (tertiary/aromatic N) is 1. The van der Waals surface area contributed by atoms with Crippen LogP contribution >= 0.6 is 23.2 Å². The first-order chi connectivity index (χ1) is 9.97. The molecule has 0 aliphatic heterocycles. The first kappa shape index (κ1) is 15.8. The third-order valence-electron chi connectivity index (χ3n) is 3.21. The van der Waals surface area contributed by atoms with Gasteiger partial charge < -0.3 is 5.32 Å². The molecule has 0 aromatic heterocycles. The van der Waals surface area contributed by atoms with Crippen LogP contribution in [0.2, 0.25) is 10.0 Å². The molecule has 0 aliphatic rings. The van der Waals surface area contributed by atoms with Crippen LogP contribution in [0.15, 0.2) is 42.5 Å². The lowest BCUT2D eigenvalue weighted by molar-refractivity contribution is -0.385. The number of hydrogen-bond acceptors (Lipinski definition) is 3. The molecule has 0 amide bonds. The van der Waals surface area contributed by atoms with Crippen molar-refractivity contribution in [2.45, 2.75) is 19.5 Å². The normalized spacial score (nSPS) is 12.1. The van der Waals surface area contributed by atoms with Crippen molar-refractivity contribution in [2.75, 3.05) is 0 Å². The highest BCUT2D eigenvalue weighted by Gasteiger charge is 2.15. The van der Waals surface area contributed by atoms with Crippen LogP contribution in [-0.2, 0) is 6.54 Å². The van der Waals surface area contributed by atoms with Crippen LogP contribution in [-0.4, -0.2) is 4.92 Å². The van der Waals surface area contributed by atoms with Crippen molar-refractivity contribution in [3.63, 3.8) is 0 Å². The maximum Gasteiger partial charge on any atom is 0.275 e. The third kappa shape index (κ3) is 4.17. The van der Waals surface area contributed by atoms with Crippen molar-refractivity contribution in [1.29, 1.82) is 0 Å². The summed E-state index contributed by atoms with van der Waals surface area (Å²) in [6, 6.07) is 12.2. The van der Waals surface area contributed by atoms with E-state index in [9.17, 15) is 10.1 Å². The zero-order valence-corrected chi connectivity index (χ0v) is 12.9. The van der Waals surface area contributed by atoms with Crippen LogP contribution in [0, 0.1) is 10.1 Å². The Labute approximate surface area is 132 Å². The van der Waals surface area contributed by atoms with Gasteiger partial charge in [0.1, 0.15) is 0 Å². The Bertz CT molecular complexity index is 645. The fourth-order valence-electron chi connectivity index (χ4n) is 1.99. The van der Waals surface area contributed by atoms with Gasteiger partial charge in [0.2, 0.25) is 0 Å². The van der Waals surface area contributed by atoms with Crippen LogP contribution in [0.1, 0.15) is 24.1 Å². The van der Waals surface area contributed by atoms with Gasteiger partial charge in [0.05, 0.1) is 4.92 Å². The summed E-state index contributed by atoms with van der Waals surface area (Å²) < 4.78 is 0. The summed E-state index contributed by atoms with van der Waals surface area (Å²) in [7, 11) is 0. The van der Waals surface area contributed by atoms with E-state index in [0.29, 0.717) is 22.2 Å². The number of hydrogen-bond donors (Lipinski definition) is 1. The van der Waals surface area contributed by atoms with Crippen molar-refractivity contribution >= 4 is 28.9 Å². The highest BCUT2D eigenvalue weighted by atomic mass is 35.5. The zero-order chi connectivity index (χ0) is 15.4. The molecule has 0 fully saturated rings. The Morgan fingerprint density at radius 2 is 1.76 bits per heavy atom. The van der Waals surface area contributed by atoms with Gasteiger partial charge >= 0.3 is 0 Å². The Morgan fingerprint density at radius 3 is 2.38 bits per heavy atom. The Kier molecular flexibility index (Phi) is 5.17. The fourth-order valence-corrected chi connectivity index (χ4v) is 2.28.